The predicted octanol–water partition coefficient (Wildman–Crippen LogP) is 4.19. The van der Waals surface area contributed by atoms with Gasteiger partial charge in [0, 0.05) is 16.8 Å². The lowest BCUT2D eigenvalue weighted by molar-refractivity contribution is 0.168. The molecular weight excluding hydrogens is 286 g/mol. The van der Waals surface area contributed by atoms with Crippen LogP contribution in [0.1, 0.15) is 30.6 Å². The number of anilines is 2. The van der Waals surface area contributed by atoms with Gasteiger partial charge >= 0.3 is 6.09 Å². The summed E-state index contributed by atoms with van der Waals surface area (Å²) in [4.78, 5) is 15.8. The molecule has 2 rings (SSSR count). The number of benzene rings is 1. The molecule has 0 radical (unpaired) electrons. The van der Waals surface area contributed by atoms with Crippen molar-refractivity contribution in [1.82, 2.24) is 4.98 Å². The van der Waals surface area contributed by atoms with E-state index in [0.29, 0.717) is 12.3 Å². The number of nitrogens with one attached hydrogen (secondary N) is 2. The molecular formula is C15H19N3O2S. The smallest absolute Gasteiger partial charge is 0.411 e. The number of carbonyl (C=O) groups excluding carboxylic acids is 1. The second-order valence-corrected chi connectivity index (χ2v) is 5.64. The highest BCUT2D eigenvalue weighted by Crippen LogP contribution is 2.22. The minimum Gasteiger partial charge on any atom is -0.450 e. The van der Waals surface area contributed by atoms with Crippen LogP contribution in [0.5, 0.6) is 0 Å². The zero-order chi connectivity index (χ0) is 15.2. The molecule has 1 heterocycles. The number of carbonyl (C=O) groups is 1. The number of hydrogen-bond acceptors (Lipinski definition) is 5. The first-order chi connectivity index (χ1) is 10.1. The minimum absolute atomic E-state index is 0.138. The maximum Gasteiger partial charge on any atom is 0.411 e. The number of nitrogens with zero attached hydrogens (tertiary/aromatic N) is 1. The Hall–Kier alpha value is -2.08. The molecule has 1 aromatic heterocycles. The lowest BCUT2D eigenvalue weighted by Crippen LogP contribution is -2.13. The number of rotatable bonds is 5. The molecule has 21 heavy (non-hydrogen) atoms. The second kappa shape index (κ2) is 7.08. The Morgan fingerprint density at radius 1 is 1.33 bits per heavy atom. The van der Waals surface area contributed by atoms with Crippen LogP contribution in [0.15, 0.2) is 29.6 Å². The summed E-state index contributed by atoms with van der Waals surface area (Å²) in [7, 11) is 0. The predicted molar refractivity (Wildman–Crippen MR) is 86.0 cm³/mol. The van der Waals surface area contributed by atoms with Crippen LogP contribution in [0.2, 0.25) is 0 Å². The van der Waals surface area contributed by atoms with Gasteiger partial charge in [-0.05, 0) is 45.0 Å². The third-order valence-corrected chi connectivity index (χ3v) is 3.66. The largest absolute Gasteiger partial charge is 0.450 e. The maximum absolute atomic E-state index is 11.3. The number of thiazole rings is 1. The van der Waals surface area contributed by atoms with Crippen LogP contribution in [-0.4, -0.2) is 17.7 Å². The highest BCUT2D eigenvalue weighted by Gasteiger charge is 2.09. The monoisotopic (exact) mass is 305 g/mol. The summed E-state index contributed by atoms with van der Waals surface area (Å²) >= 11 is 1.64. The Morgan fingerprint density at radius 2 is 2.00 bits per heavy atom. The number of aromatic nitrogens is 1. The third kappa shape index (κ3) is 4.46. The van der Waals surface area contributed by atoms with E-state index in [2.05, 4.69) is 27.9 Å². The van der Waals surface area contributed by atoms with Gasteiger partial charge in [-0.3, -0.25) is 5.32 Å². The van der Waals surface area contributed by atoms with Gasteiger partial charge in [0.05, 0.1) is 23.4 Å². The quantitative estimate of drug-likeness (QED) is 0.869. The lowest BCUT2D eigenvalue weighted by atomic mass is 10.2. The normalized spacial score (nSPS) is 11.8. The van der Waals surface area contributed by atoms with Gasteiger partial charge in [-0.2, -0.15) is 0 Å². The summed E-state index contributed by atoms with van der Waals surface area (Å²) in [6.07, 6.45) is -0.440. The van der Waals surface area contributed by atoms with Gasteiger partial charge < -0.3 is 10.1 Å². The minimum atomic E-state index is -0.440. The molecule has 5 nitrogen and oxygen atoms in total. The van der Waals surface area contributed by atoms with Crippen molar-refractivity contribution in [2.24, 2.45) is 0 Å². The Kier molecular flexibility index (Phi) is 5.16. The van der Waals surface area contributed by atoms with E-state index in [0.717, 1.165) is 16.4 Å². The average molecular weight is 305 g/mol. The number of hydrogen-bond donors (Lipinski definition) is 2. The van der Waals surface area contributed by atoms with E-state index in [1.54, 1.807) is 18.3 Å². The molecule has 112 valence electrons. The zero-order valence-electron chi connectivity index (χ0n) is 12.3. The Balaban J connectivity index is 1.94. The molecule has 0 aliphatic heterocycles. The molecule has 1 aromatic carbocycles. The van der Waals surface area contributed by atoms with Gasteiger partial charge in [-0.25, -0.2) is 9.78 Å². The van der Waals surface area contributed by atoms with E-state index in [9.17, 15) is 4.79 Å². The van der Waals surface area contributed by atoms with Crippen molar-refractivity contribution in [1.29, 1.82) is 0 Å². The van der Waals surface area contributed by atoms with Crippen molar-refractivity contribution in [3.8, 4) is 0 Å². The van der Waals surface area contributed by atoms with E-state index >= 15 is 0 Å². The van der Waals surface area contributed by atoms with Crippen LogP contribution in [0.25, 0.3) is 0 Å². The summed E-state index contributed by atoms with van der Waals surface area (Å²) in [5, 5.41) is 9.16. The fraction of sp³-hybridized carbons (Fsp3) is 0.333. The van der Waals surface area contributed by atoms with Gasteiger partial charge in [-0.1, -0.05) is 0 Å². The molecule has 1 atom stereocenters. The highest BCUT2D eigenvalue weighted by molar-refractivity contribution is 7.09. The number of aryl methyl sites for hydroxylation is 1. The first-order valence-corrected chi connectivity index (χ1v) is 7.69. The summed E-state index contributed by atoms with van der Waals surface area (Å²) in [6.45, 7) is 6.19. The first-order valence-electron chi connectivity index (χ1n) is 6.81. The van der Waals surface area contributed by atoms with E-state index in [-0.39, 0.29) is 6.04 Å². The van der Waals surface area contributed by atoms with E-state index < -0.39 is 6.09 Å². The molecule has 1 amide bonds. The van der Waals surface area contributed by atoms with Gasteiger partial charge in [0.1, 0.15) is 0 Å². The zero-order valence-corrected chi connectivity index (χ0v) is 13.2. The summed E-state index contributed by atoms with van der Waals surface area (Å²) in [5.74, 6) is 0. The second-order valence-electron chi connectivity index (χ2n) is 4.58. The molecule has 0 saturated heterocycles. The molecule has 0 aliphatic rings. The summed E-state index contributed by atoms with van der Waals surface area (Å²) in [6, 6.07) is 7.63. The third-order valence-electron chi connectivity index (χ3n) is 2.87. The Morgan fingerprint density at radius 3 is 2.57 bits per heavy atom. The molecule has 6 heteroatoms. The lowest BCUT2D eigenvalue weighted by Gasteiger charge is -2.13. The van der Waals surface area contributed by atoms with Gasteiger partial charge in [0.15, 0.2) is 0 Å². The van der Waals surface area contributed by atoms with Crippen molar-refractivity contribution >= 4 is 28.8 Å². The van der Waals surface area contributed by atoms with Crippen LogP contribution in [0.4, 0.5) is 16.2 Å². The van der Waals surface area contributed by atoms with E-state index in [1.807, 2.05) is 31.2 Å². The molecule has 1 unspecified atom stereocenters. The van der Waals surface area contributed by atoms with Crippen LogP contribution >= 0.6 is 11.3 Å². The SMILES string of the molecule is CCOC(=O)Nc1ccc(NC(C)c2csc(C)n2)cc1. The average Bonchev–Trinajstić information content (AvgIpc) is 2.88. The molecule has 0 saturated carbocycles. The van der Waals surface area contributed by atoms with Crippen LogP contribution in [0, 0.1) is 6.92 Å². The van der Waals surface area contributed by atoms with E-state index in [1.165, 1.54) is 0 Å². The van der Waals surface area contributed by atoms with Crippen molar-refractivity contribution in [2.75, 3.05) is 17.2 Å². The van der Waals surface area contributed by atoms with Crippen molar-refractivity contribution < 1.29 is 9.53 Å². The molecule has 0 aliphatic carbocycles. The number of ether oxygens (including phenoxy) is 1. The molecule has 0 fully saturated rings. The fourth-order valence-electron chi connectivity index (χ4n) is 1.84. The van der Waals surface area contributed by atoms with Gasteiger partial charge in [-0.15, -0.1) is 11.3 Å². The summed E-state index contributed by atoms with van der Waals surface area (Å²) in [5.41, 5.74) is 2.71. The standard InChI is InChI=1S/C15H19N3O2S/c1-4-20-15(19)18-13-7-5-12(6-8-13)16-10(2)14-9-21-11(3)17-14/h5-10,16H,4H2,1-3H3,(H,18,19). The summed E-state index contributed by atoms with van der Waals surface area (Å²) < 4.78 is 4.83. The van der Waals surface area contributed by atoms with Crippen LogP contribution in [-0.2, 0) is 4.74 Å². The highest BCUT2D eigenvalue weighted by atomic mass is 32.1. The topological polar surface area (TPSA) is 63.2 Å². The fourth-order valence-corrected chi connectivity index (χ4v) is 2.54. The van der Waals surface area contributed by atoms with Gasteiger partial charge in [0.25, 0.3) is 0 Å². The maximum atomic E-state index is 11.3. The van der Waals surface area contributed by atoms with Gasteiger partial charge in [0.2, 0.25) is 0 Å². The molecule has 2 aromatic rings. The number of amides is 1. The first kappa shape index (κ1) is 15.3. The van der Waals surface area contributed by atoms with Crippen molar-refractivity contribution in [2.45, 2.75) is 26.8 Å². The molecule has 0 spiro atoms. The van der Waals surface area contributed by atoms with Crippen LogP contribution in [0.3, 0.4) is 0 Å². The Bertz CT molecular complexity index is 595. The van der Waals surface area contributed by atoms with Crippen LogP contribution < -0.4 is 10.6 Å². The van der Waals surface area contributed by atoms with Crippen molar-refractivity contribution in [3.05, 3.63) is 40.3 Å². The Labute approximate surface area is 128 Å². The van der Waals surface area contributed by atoms with E-state index in [4.69, 9.17) is 4.74 Å². The molecule has 2 N–H and O–H groups in total. The molecule has 0 bridgehead atoms. The van der Waals surface area contributed by atoms with Crippen molar-refractivity contribution in [3.63, 3.8) is 0 Å².